The van der Waals surface area contributed by atoms with Crippen molar-refractivity contribution < 1.29 is 23.0 Å². The van der Waals surface area contributed by atoms with E-state index in [4.69, 9.17) is 16.3 Å². The van der Waals surface area contributed by atoms with Gasteiger partial charge in [-0.1, -0.05) is 17.7 Å². The van der Waals surface area contributed by atoms with Gasteiger partial charge in [0.15, 0.2) is 11.5 Å². The molecule has 9 heteroatoms. The van der Waals surface area contributed by atoms with Gasteiger partial charge in [-0.15, -0.1) is 0 Å². The van der Waals surface area contributed by atoms with Crippen LogP contribution in [0.5, 0.6) is 11.5 Å². The topological polar surface area (TPSA) is 60.5 Å². The van der Waals surface area contributed by atoms with Gasteiger partial charge in [0.25, 0.3) is 5.91 Å². The number of aromatic nitrogens is 1. The third kappa shape index (κ3) is 5.54. The molecule has 0 bridgehead atoms. The molecule has 0 spiro atoms. The number of halogens is 4. The number of alkyl halides is 2. The molecule has 2 rings (SSSR count). The van der Waals surface area contributed by atoms with Crippen LogP contribution in [0.15, 0.2) is 34.9 Å². The first-order valence-electron chi connectivity index (χ1n) is 7.11. The number of hydrogen-bond donors (Lipinski definition) is 1. The quantitative estimate of drug-likeness (QED) is 0.666. The molecule has 134 valence electrons. The molecule has 0 aliphatic carbocycles. The van der Waals surface area contributed by atoms with Crippen molar-refractivity contribution in [1.82, 2.24) is 10.3 Å². The molecular weight excluding hydrogens is 422 g/mol. The number of ether oxygens (including phenoxy) is 2. The third-order valence-electron chi connectivity index (χ3n) is 3.19. The second-order valence-electron chi connectivity index (χ2n) is 4.86. The molecule has 0 radical (unpaired) electrons. The van der Waals surface area contributed by atoms with Crippen molar-refractivity contribution in [2.24, 2.45) is 0 Å². The molecule has 0 aliphatic rings. The smallest absolute Gasteiger partial charge is 0.387 e. The maximum absolute atomic E-state index is 12.4. The molecule has 0 fully saturated rings. The van der Waals surface area contributed by atoms with E-state index in [1.807, 2.05) is 0 Å². The number of pyridine rings is 1. The Balaban J connectivity index is 1.99. The van der Waals surface area contributed by atoms with Gasteiger partial charge in [-0.2, -0.15) is 8.78 Å². The molecule has 2 aromatic rings. The first kappa shape index (κ1) is 19.4. The van der Waals surface area contributed by atoms with E-state index in [1.54, 1.807) is 12.1 Å². The maximum Gasteiger partial charge on any atom is 0.387 e. The minimum Gasteiger partial charge on any atom is -0.493 e. The Hall–Kier alpha value is -1.93. The first-order chi connectivity index (χ1) is 11.9. The lowest BCUT2D eigenvalue weighted by atomic mass is 10.1. The average Bonchev–Trinajstić information content (AvgIpc) is 2.56. The van der Waals surface area contributed by atoms with Crippen molar-refractivity contribution in [3.63, 3.8) is 0 Å². The van der Waals surface area contributed by atoms with Crippen LogP contribution in [0.1, 0.15) is 15.9 Å². The van der Waals surface area contributed by atoms with Crippen molar-refractivity contribution in [3.8, 4) is 11.5 Å². The largest absolute Gasteiger partial charge is 0.493 e. The van der Waals surface area contributed by atoms with E-state index in [-0.39, 0.29) is 34.7 Å². The third-order valence-corrected chi connectivity index (χ3v) is 3.93. The number of rotatable bonds is 7. The van der Waals surface area contributed by atoms with Crippen LogP contribution >= 0.6 is 27.5 Å². The Morgan fingerprint density at radius 1 is 1.36 bits per heavy atom. The lowest BCUT2D eigenvalue weighted by molar-refractivity contribution is -0.0512. The van der Waals surface area contributed by atoms with Gasteiger partial charge in [0, 0.05) is 17.2 Å². The van der Waals surface area contributed by atoms with E-state index in [0.29, 0.717) is 16.5 Å². The summed E-state index contributed by atoms with van der Waals surface area (Å²) in [6.45, 7) is -2.67. The fourth-order valence-electron chi connectivity index (χ4n) is 2.06. The predicted molar refractivity (Wildman–Crippen MR) is 92.6 cm³/mol. The number of methoxy groups -OCH3 is 1. The fraction of sp³-hybridized carbons (Fsp3) is 0.250. The van der Waals surface area contributed by atoms with Crippen molar-refractivity contribution in [3.05, 3.63) is 51.2 Å². The second kappa shape index (κ2) is 8.96. The lowest BCUT2D eigenvalue weighted by Gasteiger charge is -2.12. The SMILES string of the molecule is COc1ccc(CCNC(=O)c2cc(Br)cnc2Cl)cc1OC(F)F. The molecule has 25 heavy (non-hydrogen) atoms. The monoisotopic (exact) mass is 434 g/mol. The zero-order valence-electron chi connectivity index (χ0n) is 13.1. The molecule has 1 aromatic heterocycles. The summed E-state index contributed by atoms with van der Waals surface area (Å²) in [4.78, 5) is 16.0. The zero-order valence-corrected chi connectivity index (χ0v) is 15.4. The summed E-state index contributed by atoms with van der Waals surface area (Å²) in [5, 5.41) is 2.80. The van der Waals surface area contributed by atoms with E-state index in [2.05, 4.69) is 31.0 Å². The number of hydrogen-bond acceptors (Lipinski definition) is 4. The van der Waals surface area contributed by atoms with Crippen LogP contribution < -0.4 is 14.8 Å². The molecule has 1 amide bonds. The van der Waals surface area contributed by atoms with E-state index < -0.39 is 6.61 Å². The van der Waals surface area contributed by atoms with Gasteiger partial charge in [0.05, 0.1) is 12.7 Å². The Morgan fingerprint density at radius 3 is 2.80 bits per heavy atom. The Bertz CT molecular complexity index is 762. The van der Waals surface area contributed by atoms with Crippen molar-refractivity contribution in [2.45, 2.75) is 13.0 Å². The summed E-state index contributed by atoms with van der Waals surface area (Å²) in [5.41, 5.74) is 0.947. The maximum atomic E-state index is 12.4. The highest BCUT2D eigenvalue weighted by atomic mass is 79.9. The number of nitrogens with one attached hydrogen (secondary N) is 1. The van der Waals surface area contributed by atoms with Crippen LogP contribution in [0.4, 0.5) is 8.78 Å². The molecule has 0 atom stereocenters. The minimum absolute atomic E-state index is 0.0550. The van der Waals surface area contributed by atoms with E-state index in [0.717, 1.165) is 0 Å². The highest BCUT2D eigenvalue weighted by molar-refractivity contribution is 9.10. The number of nitrogens with zero attached hydrogens (tertiary/aromatic N) is 1. The van der Waals surface area contributed by atoms with Gasteiger partial charge < -0.3 is 14.8 Å². The summed E-state index contributed by atoms with van der Waals surface area (Å²) in [5.74, 6) is -0.225. The summed E-state index contributed by atoms with van der Waals surface area (Å²) >= 11 is 9.12. The molecule has 5 nitrogen and oxygen atoms in total. The molecule has 0 unspecified atom stereocenters. The van der Waals surface area contributed by atoms with Crippen molar-refractivity contribution >= 4 is 33.4 Å². The summed E-state index contributed by atoms with van der Waals surface area (Å²) in [7, 11) is 1.36. The highest BCUT2D eigenvalue weighted by Crippen LogP contribution is 2.29. The van der Waals surface area contributed by atoms with Crippen LogP contribution in [-0.4, -0.2) is 31.2 Å². The van der Waals surface area contributed by atoms with Gasteiger partial charge in [-0.05, 0) is 46.1 Å². The second-order valence-corrected chi connectivity index (χ2v) is 6.14. The summed E-state index contributed by atoms with van der Waals surface area (Å²) in [6, 6.07) is 6.25. The van der Waals surface area contributed by atoms with Crippen LogP contribution in [-0.2, 0) is 6.42 Å². The number of carbonyl (C=O) groups is 1. The average molecular weight is 436 g/mol. The van der Waals surface area contributed by atoms with Crippen LogP contribution in [0, 0.1) is 0 Å². The van der Waals surface area contributed by atoms with Crippen LogP contribution in [0.25, 0.3) is 0 Å². The Kier molecular flexibility index (Phi) is 6.95. The Labute approximate surface area is 156 Å². The van der Waals surface area contributed by atoms with E-state index in [9.17, 15) is 13.6 Å². The van der Waals surface area contributed by atoms with Gasteiger partial charge in [0.2, 0.25) is 0 Å². The number of carbonyl (C=O) groups excluding carboxylic acids is 1. The van der Waals surface area contributed by atoms with Gasteiger partial charge in [-0.25, -0.2) is 4.98 Å². The van der Waals surface area contributed by atoms with E-state index >= 15 is 0 Å². The fourth-order valence-corrected chi connectivity index (χ4v) is 2.58. The molecule has 0 saturated heterocycles. The van der Waals surface area contributed by atoms with Crippen LogP contribution in [0.2, 0.25) is 5.15 Å². The molecule has 0 saturated carbocycles. The molecule has 0 aliphatic heterocycles. The molecular formula is C16H14BrClF2N2O3. The predicted octanol–water partition coefficient (Wildman–Crippen LogP) is 4.08. The minimum atomic E-state index is -2.95. The lowest BCUT2D eigenvalue weighted by Crippen LogP contribution is -2.26. The highest BCUT2D eigenvalue weighted by Gasteiger charge is 2.13. The number of benzene rings is 1. The molecule has 1 aromatic carbocycles. The number of amides is 1. The van der Waals surface area contributed by atoms with Crippen LogP contribution in [0.3, 0.4) is 0 Å². The molecule has 1 heterocycles. The van der Waals surface area contributed by atoms with Crippen molar-refractivity contribution in [2.75, 3.05) is 13.7 Å². The van der Waals surface area contributed by atoms with Gasteiger partial charge in [0.1, 0.15) is 5.15 Å². The molecule has 1 N–H and O–H groups in total. The van der Waals surface area contributed by atoms with Crippen molar-refractivity contribution in [1.29, 1.82) is 0 Å². The van der Waals surface area contributed by atoms with Gasteiger partial charge >= 0.3 is 6.61 Å². The standard InChI is InChI=1S/C16H14BrClF2N2O3/c1-24-12-3-2-9(6-13(12)25-16(19)20)4-5-21-15(23)11-7-10(17)8-22-14(11)18/h2-3,6-8,16H,4-5H2,1H3,(H,21,23). The normalized spacial score (nSPS) is 10.6. The van der Waals surface area contributed by atoms with E-state index in [1.165, 1.54) is 25.4 Å². The first-order valence-corrected chi connectivity index (χ1v) is 8.28. The summed E-state index contributed by atoms with van der Waals surface area (Å²) in [6.07, 6.45) is 1.90. The zero-order chi connectivity index (χ0) is 18.4. The van der Waals surface area contributed by atoms with Gasteiger partial charge in [-0.3, -0.25) is 4.79 Å². The summed E-state index contributed by atoms with van der Waals surface area (Å²) < 4.78 is 34.9. The Morgan fingerprint density at radius 2 is 2.12 bits per heavy atom.